The van der Waals surface area contributed by atoms with Gasteiger partial charge in [0.15, 0.2) is 0 Å². The van der Waals surface area contributed by atoms with Gasteiger partial charge in [0.25, 0.3) is 0 Å². The molecule has 1 aliphatic heterocycles. The van der Waals surface area contributed by atoms with E-state index in [4.69, 9.17) is 9.47 Å². The maximum atomic E-state index is 12.2. The molecule has 1 aliphatic rings. The lowest BCUT2D eigenvalue weighted by Gasteiger charge is -2.38. The molecular formula is C19H35NO4. The third-order valence-electron chi connectivity index (χ3n) is 4.39. The second-order valence-corrected chi connectivity index (χ2v) is 9.11. The summed E-state index contributed by atoms with van der Waals surface area (Å²) in [4.78, 5) is 25.7. The predicted molar refractivity (Wildman–Crippen MR) is 94.7 cm³/mol. The van der Waals surface area contributed by atoms with Crippen LogP contribution in [-0.2, 0) is 14.3 Å². The Morgan fingerprint density at radius 1 is 1.08 bits per heavy atom. The highest BCUT2D eigenvalue weighted by molar-refractivity contribution is 5.69. The lowest BCUT2D eigenvalue weighted by Crippen LogP contribution is -2.43. The van der Waals surface area contributed by atoms with Gasteiger partial charge in [-0.1, -0.05) is 20.8 Å². The van der Waals surface area contributed by atoms with Crippen molar-refractivity contribution < 1.29 is 19.1 Å². The van der Waals surface area contributed by atoms with Crippen molar-refractivity contribution in [3.8, 4) is 0 Å². The van der Waals surface area contributed by atoms with Crippen LogP contribution in [0, 0.1) is 17.3 Å². The van der Waals surface area contributed by atoms with Crippen LogP contribution < -0.4 is 0 Å². The number of piperidine rings is 1. The largest absolute Gasteiger partial charge is 0.469 e. The zero-order valence-electron chi connectivity index (χ0n) is 16.5. The van der Waals surface area contributed by atoms with Crippen molar-refractivity contribution in [3.63, 3.8) is 0 Å². The van der Waals surface area contributed by atoms with Gasteiger partial charge in [-0.3, -0.25) is 4.79 Å². The molecule has 24 heavy (non-hydrogen) atoms. The molecule has 0 saturated carbocycles. The summed E-state index contributed by atoms with van der Waals surface area (Å²) in [5.41, 5.74) is -0.297. The third-order valence-corrected chi connectivity index (χ3v) is 4.39. The summed E-state index contributed by atoms with van der Waals surface area (Å²) >= 11 is 0. The fourth-order valence-corrected chi connectivity index (χ4v) is 3.37. The lowest BCUT2D eigenvalue weighted by molar-refractivity contribution is -0.142. The summed E-state index contributed by atoms with van der Waals surface area (Å²) in [5, 5.41) is 0. The Kier molecular flexibility index (Phi) is 7.11. The van der Waals surface area contributed by atoms with E-state index >= 15 is 0 Å². The number of methoxy groups -OCH3 is 1. The minimum absolute atomic E-state index is 0.140. The second-order valence-electron chi connectivity index (χ2n) is 9.11. The SMILES string of the molecule is COC(=O)CC(CC(C)(C)C)C1CCN(C(=O)OC(C)(C)C)CC1. The topological polar surface area (TPSA) is 55.8 Å². The van der Waals surface area contributed by atoms with E-state index in [0.717, 1.165) is 19.3 Å². The van der Waals surface area contributed by atoms with Crippen molar-refractivity contribution in [2.24, 2.45) is 17.3 Å². The molecule has 1 amide bonds. The number of hydrogen-bond acceptors (Lipinski definition) is 4. The van der Waals surface area contributed by atoms with E-state index in [-0.39, 0.29) is 17.5 Å². The molecule has 0 bridgehead atoms. The van der Waals surface area contributed by atoms with E-state index in [9.17, 15) is 9.59 Å². The number of likely N-dealkylation sites (tertiary alicyclic amines) is 1. The van der Waals surface area contributed by atoms with Crippen molar-refractivity contribution in [1.29, 1.82) is 0 Å². The molecule has 1 unspecified atom stereocenters. The first-order valence-corrected chi connectivity index (χ1v) is 8.96. The van der Waals surface area contributed by atoms with E-state index in [1.54, 1.807) is 4.90 Å². The average molecular weight is 341 g/mol. The van der Waals surface area contributed by atoms with Gasteiger partial charge in [-0.25, -0.2) is 4.79 Å². The van der Waals surface area contributed by atoms with Crippen molar-refractivity contribution >= 4 is 12.1 Å². The van der Waals surface area contributed by atoms with Gasteiger partial charge in [0.2, 0.25) is 0 Å². The van der Waals surface area contributed by atoms with Gasteiger partial charge in [0.05, 0.1) is 7.11 Å². The molecule has 1 saturated heterocycles. The molecule has 1 heterocycles. The standard InChI is InChI=1S/C19H35NO4/c1-18(2,3)13-15(12-16(21)23-7)14-8-10-20(11-9-14)17(22)24-19(4,5)6/h14-15H,8-13H2,1-7H3. The summed E-state index contributed by atoms with van der Waals surface area (Å²) < 4.78 is 10.3. The lowest BCUT2D eigenvalue weighted by atomic mass is 9.74. The molecule has 0 aliphatic carbocycles. The van der Waals surface area contributed by atoms with Crippen LogP contribution in [0.4, 0.5) is 4.79 Å². The summed E-state index contributed by atoms with van der Waals surface area (Å²) in [7, 11) is 1.45. The smallest absolute Gasteiger partial charge is 0.410 e. The predicted octanol–water partition coefficient (Wildman–Crippen LogP) is 4.25. The van der Waals surface area contributed by atoms with E-state index in [2.05, 4.69) is 20.8 Å². The molecule has 1 fully saturated rings. The number of carbonyl (C=O) groups is 2. The van der Waals surface area contributed by atoms with Crippen LogP contribution in [0.5, 0.6) is 0 Å². The Morgan fingerprint density at radius 3 is 2.04 bits per heavy atom. The molecule has 140 valence electrons. The van der Waals surface area contributed by atoms with Gasteiger partial charge in [-0.05, 0) is 57.3 Å². The first-order valence-electron chi connectivity index (χ1n) is 8.96. The molecule has 0 aromatic carbocycles. The Labute approximate surface area is 147 Å². The minimum atomic E-state index is -0.465. The molecule has 1 atom stereocenters. The number of hydrogen-bond donors (Lipinski definition) is 0. The zero-order chi connectivity index (χ0) is 18.5. The number of ether oxygens (including phenoxy) is 2. The average Bonchev–Trinajstić information content (AvgIpc) is 2.43. The van der Waals surface area contributed by atoms with Gasteiger partial charge in [-0.2, -0.15) is 0 Å². The summed E-state index contributed by atoms with van der Waals surface area (Å²) in [6.45, 7) is 13.6. The normalized spacial score (nSPS) is 18.2. The van der Waals surface area contributed by atoms with Crippen LogP contribution >= 0.6 is 0 Å². The minimum Gasteiger partial charge on any atom is -0.469 e. The van der Waals surface area contributed by atoms with Crippen LogP contribution in [0.3, 0.4) is 0 Å². The second kappa shape index (κ2) is 8.21. The number of rotatable bonds is 4. The van der Waals surface area contributed by atoms with E-state index in [0.29, 0.717) is 31.3 Å². The van der Waals surface area contributed by atoms with Gasteiger partial charge in [0, 0.05) is 19.5 Å². The van der Waals surface area contributed by atoms with Crippen LogP contribution in [0.25, 0.3) is 0 Å². The molecule has 1 rings (SSSR count). The monoisotopic (exact) mass is 341 g/mol. The van der Waals surface area contributed by atoms with Crippen LogP contribution in [0.15, 0.2) is 0 Å². The van der Waals surface area contributed by atoms with Crippen molar-refractivity contribution in [2.45, 2.75) is 72.8 Å². The zero-order valence-corrected chi connectivity index (χ0v) is 16.5. The summed E-state index contributed by atoms with van der Waals surface area (Å²) in [6.07, 6.45) is 3.04. The van der Waals surface area contributed by atoms with Crippen LogP contribution in [0.1, 0.15) is 67.2 Å². The van der Waals surface area contributed by atoms with E-state index < -0.39 is 5.60 Å². The van der Waals surface area contributed by atoms with E-state index in [1.165, 1.54) is 7.11 Å². The molecule has 5 heteroatoms. The van der Waals surface area contributed by atoms with Gasteiger partial charge in [0.1, 0.15) is 5.60 Å². The van der Waals surface area contributed by atoms with Gasteiger partial charge >= 0.3 is 12.1 Å². The quantitative estimate of drug-likeness (QED) is 0.717. The number of amides is 1. The highest BCUT2D eigenvalue weighted by Gasteiger charge is 2.33. The summed E-state index contributed by atoms with van der Waals surface area (Å²) in [6, 6.07) is 0. The Morgan fingerprint density at radius 2 is 1.62 bits per heavy atom. The maximum Gasteiger partial charge on any atom is 0.410 e. The molecule has 0 N–H and O–H groups in total. The molecule has 5 nitrogen and oxygen atoms in total. The number of carbonyl (C=O) groups excluding carboxylic acids is 2. The molecule has 0 radical (unpaired) electrons. The van der Waals surface area contributed by atoms with E-state index in [1.807, 2.05) is 20.8 Å². The third kappa shape index (κ3) is 7.54. The van der Waals surface area contributed by atoms with Gasteiger partial charge in [-0.15, -0.1) is 0 Å². The Bertz CT molecular complexity index is 426. The highest BCUT2D eigenvalue weighted by atomic mass is 16.6. The number of nitrogens with zero attached hydrogens (tertiary/aromatic N) is 1. The fourth-order valence-electron chi connectivity index (χ4n) is 3.37. The fraction of sp³-hybridized carbons (Fsp3) is 0.895. The molecule has 0 aromatic rings. The van der Waals surface area contributed by atoms with Crippen molar-refractivity contribution in [1.82, 2.24) is 4.90 Å². The maximum absolute atomic E-state index is 12.2. The molecule has 0 aromatic heterocycles. The molecular weight excluding hydrogens is 306 g/mol. The van der Waals surface area contributed by atoms with Crippen molar-refractivity contribution in [3.05, 3.63) is 0 Å². The Balaban J connectivity index is 2.63. The molecule has 0 spiro atoms. The highest BCUT2D eigenvalue weighted by Crippen LogP contribution is 2.36. The Hall–Kier alpha value is -1.26. The van der Waals surface area contributed by atoms with Crippen molar-refractivity contribution in [2.75, 3.05) is 20.2 Å². The van der Waals surface area contributed by atoms with Crippen LogP contribution in [0.2, 0.25) is 0 Å². The first kappa shape index (κ1) is 20.8. The summed E-state index contributed by atoms with van der Waals surface area (Å²) in [5.74, 6) is 0.610. The first-order chi connectivity index (χ1) is 10.9. The number of esters is 1. The van der Waals surface area contributed by atoms with Gasteiger partial charge < -0.3 is 14.4 Å². The van der Waals surface area contributed by atoms with Crippen LogP contribution in [-0.4, -0.2) is 42.8 Å².